The van der Waals surface area contributed by atoms with Crippen LogP contribution in [0.5, 0.6) is 0 Å². The number of hydrogen-bond acceptors (Lipinski definition) is 6. The van der Waals surface area contributed by atoms with E-state index in [2.05, 4.69) is 15.6 Å². The van der Waals surface area contributed by atoms with Crippen LogP contribution in [-0.4, -0.2) is 39.8 Å². The Labute approximate surface area is 126 Å². The van der Waals surface area contributed by atoms with Crippen molar-refractivity contribution in [1.29, 1.82) is 0 Å². The van der Waals surface area contributed by atoms with E-state index in [9.17, 15) is 4.79 Å². The van der Waals surface area contributed by atoms with Crippen LogP contribution in [0, 0.1) is 0 Å². The highest BCUT2D eigenvalue weighted by Crippen LogP contribution is 2.22. The average molecular weight is 311 g/mol. The standard InChI is InChI=1S/C13H15ClN4O3/c1-21-13(20)11-6-9(14)2-3-12(11)15-7-10-8-18(4-5-19)17-16-10/h2-3,6,8,15,19H,4-5,7H2,1H3. The number of aliphatic hydroxyl groups excluding tert-OH is 1. The van der Waals surface area contributed by atoms with Crippen molar-refractivity contribution in [1.82, 2.24) is 15.0 Å². The Morgan fingerprint density at radius 2 is 2.33 bits per heavy atom. The first kappa shape index (κ1) is 15.3. The van der Waals surface area contributed by atoms with Crippen LogP contribution in [-0.2, 0) is 17.8 Å². The van der Waals surface area contributed by atoms with Gasteiger partial charge in [0.15, 0.2) is 0 Å². The molecule has 0 saturated heterocycles. The molecule has 0 atom stereocenters. The second kappa shape index (κ2) is 7.05. The predicted octanol–water partition coefficient (Wildman–Crippen LogP) is 1.32. The van der Waals surface area contributed by atoms with Crippen molar-refractivity contribution in [3.05, 3.63) is 40.7 Å². The second-order valence-electron chi connectivity index (χ2n) is 4.23. The quantitative estimate of drug-likeness (QED) is 0.782. The Hall–Kier alpha value is -2.12. The summed E-state index contributed by atoms with van der Waals surface area (Å²) in [6.45, 7) is 0.776. The zero-order chi connectivity index (χ0) is 15.2. The molecule has 2 rings (SSSR count). The molecule has 0 aliphatic heterocycles. The number of esters is 1. The first-order valence-electron chi connectivity index (χ1n) is 6.25. The van der Waals surface area contributed by atoms with Crippen LogP contribution in [0.15, 0.2) is 24.4 Å². The van der Waals surface area contributed by atoms with Crippen molar-refractivity contribution in [2.75, 3.05) is 19.0 Å². The van der Waals surface area contributed by atoms with Gasteiger partial charge in [-0.2, -0.15) is 0 Å². The van der Waals surface area contributed by atoms with Gasteiger partial charge in [0.05, 0.1) is 38.6 Å². The van der Waals surface area contributed by atoms with Gasteiger partial charge >= 0.3 is 5.97 Å². The first-order valence-corrected chi connectivity index (χ1v) is 6.63. The van der Waals surface area contributed by atoms with Gasteiger partial charge in [0.1, 0.15) is 5.69 Å². The fourth-order valence-electron chi connectivity index (χ4n) is 1.77. The van der Waals surface area contributed by atoms with Crippen molar-refractivity contribution in [2.45, 2.75) is 13.1 Å². The molecule has 0 amide bonds. The van der Waals surface area contributed by atoms with E-state index in [0.717, 1.165) is 0 Å². The smallest absolute Gasteiger partial charge is 0.340 e. The van der Waals surface area contributed by atoms with Gasteiger partial charge in [0.2, 0.25) is 0 Å². The Morgan fingerprint density at radius 3 is 3.05 bits per heavy atom. The maximum Gasteiger partial charge on any atom is 0.340 e. The Kier molecular flexibility index (Phi) is 5.13. The number of methoxy groups -OCH3 is 1. The third-order valence-electron chi connectivity index (χ3n) is 2.76. The first-order chi connectivity index (χ1) is 10.1. The molecule has 0 fully saturated rings. The van der Waals surface area contributed by atoms with Gasteiger partial charge in [0, 0.05) is 10.7 Å². The zero-order valence-electron chi connectivity index (χ0n) is 11.4. The maximum atomic E-state index is 11.7. The van der Waals surface area contributed by atoms with Crippen LogP contribution in [0.1, 0.15) is 16.1 Å². The van der Waals surface area contributed by atoms with Gasteiger partial charge in [-0.15, -0.1) is 5.10 Å². The highest BCUT2D eigenvalue weighted by Gasteiger charge is 2.12. The Balaban J connectivity index is 2.10. The van der Waals surface area contributed by atoms with E-state index in [0.29, 0.717) is 35.1 Å². The molecule has 2 N–H and O–H groups in total. The van der Waals surface area contributed by atoms with Crippen LogP contribution < -0.4 is 5.32 Å². The molecular weight excluding hydrogens is 296 g/mol. The summed E-state index contributed by atoms with van der Waals surface area (Å²) >= 11 is 5.89. The number of ether oxygens (including phenoxy) is 1. The maximum absolute atomic E-state index is 11.7. The summed E-state index contributed by atoms with van der Waals surface area (Å²) < 4.78 is 6.26. The normalized spacial score (nSPS) is 10.4. The van der Waals surface area contributed by atoms with E-state index in [1.54, 1.807) is 29.1 Å². The van der Waals surface area contributed by atoms with Gasteiger partial charge in [-0.25, -0.2) is 9.48 Å². The van der Waals surface area contributed by atoms with Gasteiger partial charge in [0.25, 0.3) is 0 Å². The third kappa shape index (κ3) is 3.93. The van der Waals surface area contributed by atoms with Crippen molar-refractivity contribution < 1.29 is 14.6 Å². The van der Waals surface area contributed by atoms with Crippen LogP contribution in [0.25, 0.3) is 0 Å². The molecule has 1 aromatic heterocycles. The van der Waals surface area contributed by atoms with Crippen LogP contribution >= 0.6 is 11.6 Å². The molecular formula is C13H15ClN4O3. The number of rotatable bonds is 6. The summed E-state index contributed by atoms with van der Waals surface area (Å²) in [6.07, 6.45) is 1.72. The molecule has 0 radical (unpaired) electrons. The predicted molar refractivity (Wildman–Crippen MR) is 77.2 cm³/mol. The lowest BCUT2D eigenvalue weighted by Crippen LogP contribution is -2.08. The highest BCUT2D eigenvalue weighted by atomic mass is 35.5. The topological polar surface area (TPSA) is 89.3 Å². The van der Waals surface area contributed by atoms with E-state index in [1.807, 2.05) is 0 Å². The number of anilines is 1. The SMILES string of the molecule is COC(=O)c1cc(Cl)ccc1NCc1cn(CCO)nn1. The van der Waals surface area contributed by atoms with Crippen molar-refractivity contribution >= 4 is 23.3 Å². The molecule has 1 aromatic carbocycles. The van der Waals surface area contributed by atoms with Gasteiger partial charge in [-0.05, 0) is 18.2 Å². The van der Waals surface area contributed by atoms with E-state index in [-0.39, 0.29) is 6.61 Å². The molecule has 21 heavy (non-hydrogen) atoms. The van der Waals surface area contributed by atoms with Crippen molar-refractivity contribution in [3.63, 3.8) is 0 Å². The summed E-state index contributed by atoms with van der Waals surface area (Å²) in [5, 5.41) is 20.2. The zero-order valence-corrected chi connectivity index (χ0v) is 12.2. The summed E-state index contributed by atoms with van der Waals surface area (Å²) in [7, 11) is 1.31. The largest absolute Gasteiger partial charge is 0.465 e. The van der Waals surface area contributed by atoms with Crippen LogP contribution in [0.3, 0.4) is 0 Å². The number of aromatic nitrogens is 3. The Bertz CT molecular complexity index is 630. The molecule has 8 heteroatoms. The summed E-state index contributed by atoms with van der Waals surface area (Å²) in [5.41, 5.74) is 1.64. The lowest BCUT2D eigenvalue weighted by molar-refractivity contribution is 0.0602. The molecule has 7 nitrogen and oxygen atoms in total. The second-order valence-corrected chi connectivity index (χ2v) is 4.67. The summed E-state index contributed by atoms with van der Waals surface area (Å²) in [6, 6.07) is 4.92. The minimum absolute atomic E-state index is 0.0000975. The van der Waals surface area contributed by atoms with Crippen LogP contribution in [0.2, 0.25) is 5.02 Å². The van der Waals surface area contributed by atoms with Gasteiger partial charge < -0.3 is 15.2 Å². The molecule has 0 unspecified atom stereocenters. The third-order valence-corrected chi connectivity index (χ3v) is 3.00. The number of carbonyl (C=O) groups excluding carboxylic acids is 1. The molecule has 0 bridgehead atoms. The molecule has 1 heterocycles. The van der Waals surface area contributed by atoms with Gasteiger partial charge in [-0.1, -0.05) is 16.8 Å². The van der Waals surface area contributed by atoms with Crippen molar-refractivity contribution in [3.8, 4) is 0 Å². The lowest BCUT2D eigenvalue weighted by Gasteiger charge is -2.09. The van der Waals surface area contributed by atoms with Crippen molar-refractivity contribution in [2.24, 2.45) is 0 Å². The Morgan fingerprint density at radius 1 is 1.52 bits per heavy atom. The summed E-state index contributed by atoms with van der Waals surface area (Å²) in [5.74, 6) is -0.469. The number of carbonyl (C=O) groups is 1. The number of halogens is 1. The fourth-order valence-corrected chi connectivity index (χ4v) is 1.94. The van der Waals surface area contributed by atoms with E-state index < -0.39 is 5.97 Å². The lowest BCUT2D eigenvalue weighted by atomic mass is 10.1. The molecule has 0 saturated carbocycles. The number of nitrogens with one attached hydrogen (secondary N) is 1. The minimum atomic E-state index is -0.469. The fraction of sp³-hybridized carbons (Fsp3) is 0.308. The summed E-state index contributed by atoms with van der Waals surface area (Å²) in [4.78, 5) is 11.7. The highest BCUT2D eigenvalue weighted by molar-refractivity contribution is 6.31. The molecule has 0 spiro atoms. The average Bonchev–Trinajstić information content (AvgIpc) is 2.93. The number of aliphatic hydroxyl groups is 1. The van der Waals surface area contributed by atoms with E-state index >= 15 is 0 Å². The molecule has 0 aliphatic carbocycles. The molecule has 112 valence electrons. The van der Waals surface area contributed by atoms with E-state index in [1.165, 1.54) is 7.11 Å². The van der Waals surface area contributed by atoms with E-state index in [4.69, 9.17) is 21.4 Å². The number of hydrogen-bond donors (Lipinski definition) is 2. The molecule has 2 aromatic rings. The minimum Gasteiger partial charge on any atom is -0.465 e. The van der Waals surface area contributed by atoms with Gasteiger partial charge in [-0.3, -0.25) is 0 Å². The van der Waals surface area contributed by atoms with Crippen LogP contribution in [0.4, 0.5) is 5.69 Å². The monoisotopic (exact) mass is 310 g/mol. The number of nitrogens with zero attached hydrogens (tertiary/aromatic N) is 3. The molecule has 0 aliphatic rings. The number of benzene rings is 1.